The molecule has 0 aliphatic rings. The number of hydrogen-bond donors (Lipinski definition) is 1. The van der Waals surface area contributed by atoms with Crippen molar-refractivity contribution in [1.82, 2.24) is 4.90 Å². The molecule has 0 aromatic heterocycles. The minimum Gasteiger partial charge on any atom is -0.449 e. The molecule has 0 aliphatic carbocycles. The van der Waals surface area contributed by atoms with Gasteiger partial charge in [-0.15, -0.1) is 0 Å². The molecule has 4 nitrogen and oxygen atoms in total. The summed E-state index contributed by atoms with van der Waals surface area (Å²) < 4.78 is 4.96. The third-order valence-electron chi connectivity index (χ3n) is 1.75. The second kappa shape index (κ2) is 5.80. The van der Waals surface area contributed by atoms with Gasteiger partial charge in [-0.2, -0.15) is 0 Å². The molecule has 0 aromatic rings. The number of likely N-dealkylation sites (N-methyl/N-ethyl adjacent to an activating group) is 1. The van der Waals surface area contributed by atoms with Crippen LogP contribution < -0.4 is 0 Å². The van der Waals surface area contributed by atoms with E-state index in [1.54, 1.807) is 14.0 Å². The first-order valence-electron chi connectivity index (χ1n) is 4.49. The average Bonchev–Trinajstić information content (AvgIpc) is 2.11. The van der Waals surface area contributed by atoms with Gasteiger partial charge in [0.25, 0.3) is 0 Å². The second-order valence-electron chi connectivity index (χ2n) is 3.61. The second-order valence-corrected chi connectivity index (χ2v) is 3.61. The van der Waals surface area contributed by atoms with Crippen molar-refractivity contribution in [3.8, 4) is 0 Å². The Morgan fingerprint density at radius 2 is 2.00 bits per heavy atom. The number of nitrogens with zero attached hydrogens (tertiary/aromatic N) is 1. The van der Waals surface area contributed by atoms with E-state index < -0.39 is 0 Å². The molecule has 0 saturated heterocycles. The smallest absolute Gasteiger partial charge is 0.409 e. The maximum atomic E-state index is 11.2. The summed E-state index contributed by atoms with van der Waals surface area (Å²) in [5.41, 5.74) is 0. The van der Waals surface area contributed by atoms with Crippen LogP contribution >= 0.6 is 0 Å². The van der Waals surface area contributed by atoms with Gasteiger partial charge in [0.05, 0.1) is 19.3 Å². The predicted molar refractivity (Wildman–Crippen MR) is 50.5 cm³/mol. The van der Waals surface area contributed by atoms with Gasteiger partial charge in [-0.25, -0.2) is 4.79 Å². The summed E-state index contributed by atoms with van der Waals surface area (Å²) in [7, 11) is 1.61. The van der Waals surface area contributed by atoms with Crippen LogP contribution in [0.15, 0.2) is 0 Å². The van der Waals surface area contributed by atoms with Gasteiger partial charge in [0, 0.05) is 7.05 Å². The molecule has 1 unspecified atom stereocenters. The minimum absolute atomic E-state index is 0.0483. The molecule has 1 N–H and O–H groups in total. The first-order chi connectivity index (χ1) is 5.99. The van der Waals surface area contributed by atoms with E-state index in [1.165, 1.54) is 4.90 Å². The van der Waals surface area contributed by atoms with Crippen LogP contribution in [0.4, 0.5) is 4.79 Å². The lowest BCUT2D eigenvalue weighted by atomic mass is 10.2. The van der Waals surface area contributed by atoms with Crippen LogP contribution in [0.2, 0.25) is 0 Å². The highest BCUT2D eigenvalue weighted by Crippen LogP contribution is 2.00. The lowest BCUT2D eigenvalue weighted by Gasteiger charge is -2.22. The van der Waals surface area contributed by atoms with Gasteiger partial charge >= 0.3 is 6.09 Å². The highest BCUT2D eigenvalue weighted by molar-refractivity contribution is 5.67. The summed E-state index contributed by atoms with van der Waals surface area (Å²) in [5.74, 6) is 0.335. The van der Waals surface area contributed by atoms with Crippen LogP contribution in [0.3, 0.4) is 0 Å². The SMILES string of the molecule is CC(C)COC(=O)N(C)C(C)CO. The lowest BCUT2D eigenvalue weighted by molar-refractivity contribution is 0.0772. The van der Waals surface area contributed by atoms with Crippen LogP contribution in [0.1, 0.15) is 20.8 Å². The van der Waals surface area contributed by atoms with Gasteiger partial charge < -0.3 is 14.7 Å². The summed E-state index contributed by atoms with van der Waals surface area (Å²) in [6.07, 6.45) is -0.379. The number of aliphatic hydroxyl groups is 1. The van der Waals surface area contributed by atoms with Gasteiger partial charge in [-0.05, 0) is 12.8 Å². The Morgan fingerprint density at radius 3 is 2.38 bits per heavy atom. The molecule has 78 valence electrons. The molecule has 0 bridgehead atoms. The Balaban J connectivity index is 3.82. The van der Waals surface area contributed by atoms with Crippen LogP contribution in [0.25, 0.3) is 0 Å². The molecule has 0 spiro atoms. The van der Waals surface area contributed by atoms with Crippen LogP contribution in [0.5, 0.6) is 0 Å². The van der Waals surface area contributed by atoms with Crippen LogP contribution in [-0.2, 0) is 4.74 Å². The van der Waals surface area contributed by atoms with Crippen molar-refractivity contribution in [3.05, 3.63) is 0 Å². The molecule has 0 heterocycles. The first-order valence-corrected chi connectivity index (χ1v) is 4.49. The van der Waals surface area contributed by atoms with E-state index in [1.807, 2.05) is 13.8 Å². The summed E-state index contributed by atoms with van der Waals surface area (Å²) >= 11 is 0. The fourth-order valence-corrected chi connectivity index (χ4v) is 0.642. The highest BCUT2D eigenvalue weighted by atomic mass is 16.6. The number of carbonyl (C=O) groups excluding carboxylic acids is 1. The highest BCUT2D eigenvalue weighted by Gasteiger charge is 2.15. The van der Waals surface area contributed by atoms with Gasteiger partial charge in [-0.1, -0.05) is 13.8 Å². The number of ether oxygens (including phenoxy) is 1. The zero-order valence-electron chi connectivity index (χ0n) is 8.78. The van der Waals surface area contributed by atoms with E-state index in [4.69, 9.17) is 9.84 Å². The van der Waals surface area contributed by atoms with Crippen molar-refractivity contribution in [3.63, 3.8) is 0 Å². The van der Waals surface area contributed by atoms with Gasteiger partial charge in [-0.3, -0.25) is 0 Å². The molecule has 0 radical (unpaired) electrons. The number of rotatable bonds is 4. The molecule has 0 aromatic carbocycles. The fraction of sp³-hybridized carbons (Fsp3) is 0.889. The maximum absolute atomic E-state index is 11.2. The molecular formula is C9H19NO3. The van der Waals surface area contributed by atoms with Gasteiger partial charge in [0.15, 0.2) is 0 Å². The molecular weight excluding hydrogens is 170 g/mol. The normalized spacial score (nSPS) is 12.8. The Bertz CT molecular complexity index is 159. The van der Waals surface area contributed by atoms with Gasteiger partial charge in [0.1, 0.15) is 0 Å². The average molecular weight is 189 g/mol. The molecule has 4 heteroatoms. The number of aliphatic hydroxyl groups excluding tert-OH is 1. The maximum Gasteiger partial charge on any atom is 0.409 e. The third kappa shape index (κ3) is 4.72. The lowest BCUT2D eigenvalue weighted by Crippen LogP contribution is -2.38. The topological polar surface area (TPSA) is 49.8 Å². The van der Waals surface area contributed by atoms with Gasteiger partial charge in [0.2, 0.25) is 0 Å². The Hall–Kier alpha value is -0.770. The molecule has 0 aliphatic heterocycles. The zero-order valence-corrected chi connectivity index (χ0v) is 8.78. The molecule has 0 saturated carbocycles. The number of amides is 1. The van der Waals surface area contributed by atoms with E-state index >= 15 is 0 Å². The zero-order chi connectivity index (χ0) is 10.4. The predicted octanol–water partition coefficient (Wildman–Crippen LogP) is 1.09. The van der Waals surface area contributed by atoms with Crippen molar-refractivity contribution in [2.75, 3.05) is 20.3 Å². The first kappa shape index (κ1) is 12.2. The number of carbonyl (C=O) groups is 1. The largest absolute Gasteiger partial charge is 0.449 e. The fourth-order valence-electron chi connectivity index (χ4n) is 0.642. The Morgan fingerprint density at radius 1 is 1.46 bits per heavy atom. The van der Waals surface area contributed by atoms with Crippen molar-refractivity contribution < 1.29 is 14.6 Å². The van der Waals surface area contributed by atoms with E-state index in [0.29, 0.717) is 12.5 Å². The monoisotopic (exact) mass is 189 g/mol. The molecule has 13 heavy (non-hydrogen) atoms. The Kier molecular flexibility index (Phi) is 5.46. The summed E-state index contributed by atoms with van der Waals surface area (Å²) in [5, 5.41) is 8.78. The van der Waals surface area contributed by atoms with E-state index in [9.17, 15) is 4.79 Å². The summed E-state index contributed by atoms with van der Waals surface area (Å²) in [6, 6.07) is -0.195. The van der Waals surface area contributed by atoms with E-state index in [0.717, 1.165) is 0 Å². The van der Waals surface area contributed by atoms with Crippen molar-refractivity contribution in [2.45, 2.75) is 26.8 Å². The standard InChI is InChI=1S/C9H19NO3/c1-7(2)6-13-9(12)10(4)8(3)5-11/h7-8,11H,5-6H2,1-4H3. The van der Waals surface area contributed by atoms with E-state index in [-0.39, 0.29) is 18.7 Å². The van der Waals surface area contributed by atoms with Crippen molar-refractivity contribution >= 4 is 6.09 Å². The van der Waals surface area contributed by atoms with Crippen LogP contribution in [0, 0.1) is 5.92 Å². The Labute approximate surface area is 79.5 Å². The summed E-state index contributed by atoms with van der Waals surface area (Å²) in [6.45, 7) is 6.08. The molecule has 1 amide bonds. The summed E-state index contributed by atoms with van der Waals surface area (Å²) in [4.78, 5) is 12.6. The quantitative estimate of drug-likeness (QED) is 0.720. The number of hydrogen-bond acceptors (Lipinski definition) is 3. The van der Waals surface area contributed by atoms with Crippen molar-refractivity contribution in [2.24, 2.45) is 5.92 Å². The third-order valence-corrected chi connectivity index (χ3v) is 1.75. The van der Waals surface area contributed by atoms with E-state index in [2.05, 4.69) is 0 Å². The molecule has 0 rings (SSSR count). The molecule has 0 fully saturated rings. The van der Waals surface area contributed by atoms with Crippen molar-refractivity contribution in [1.29, 1.82) is 0 Å². The van der Waals surface area contributed by atoms with Crippen LogP contribution in [-0.4, -0.2) is 42.4 Å². The molecule has 1 atom stereocenters. The minimum atomic E-state index is -0.379.